The number of fused-ring (bicyclic) bond motifs is 2. The topological polar surface area (TPSA) is 90.7 Å². The van der Waals surface area contributed by atoms with Crippen molar-refractivity contribution in [3.8, 4) is 28.4 Å². The molecular formula is C32H40N2O7. The van der Waals surface area contributed by atoms with Gasteiger partial charge in [-0.25, -0.2) is 4.79 Å². The van der Waals surface area contributed by atoms with Crippen LogP contribution in [0.2, 0.25) is 0 Å². The van der Waals surface area contributed by atoms with Gasteiger partial charge in [0.25, 0.3) is 5.91 Å². The molecule has 9 heteroatoms. The fourth-order valence-electron chi connectivity index (χ4n) is 6.22. The number of piperidine rings is 2. The maximum absolute atomic E-state index is 13.3. The smallest absolute Gasteiger partial charge is 0.344 e. The number of rotatable bonds is 11. The predicted octanol–water partition coefficient (Wildman–Crippen LogP) is 4.60. The Kier molecular flexibility index (Phi) is 9.46. The minimum atomic E-state index is -0.479. The first-order valence-corrected chi connectivity index (χ1v) is 14.4. The maximum Gasteiger partial charge on any atom is 0.344 e. The molecule has 0 radical (unpaired) electrons. The first kappa shape index (κ1) is 29.0. The average Bonchev–Trinajstić information content (AvgIpc) is 3.01. The van der Waals surface area contributed by atoms with Crippen LogP contribution in [0.4, 0.5) is 0 Å². The molecule has 2 fully saturated rings. The summed E-state index contributed by atoms with van der Waals surface area (Å²) >= 11 is 0. The Hall–Kier alpha value is -3.56. The van der Waals surface area contributed by atoms with Crippen molar-refractivity contribution in [3.05, 3.63) is 52.9 Å². The maximum atomic E-state index is 13.3. The van der Waals surface area contributed by atoms with Crippen LogP contribution < -0.4 is 19.8 Å². The lowest BCUT2D eigenvalue weighted by Gasteiger charge is -2.45. The van der Waals surface area contributed by atoms with Crippen molar-refractivity contribution >= 4 is 16.9 Å². The van der Waals surface area contributed by atoms with E-state index in [0.717, 1.165) is 18.4 Å². The van der Waals surface area contributed by atoms with Crippen LogP contribution in [-0.4, -0.2) is 82.5 Å². The fourth-order valence-corrected chi connectivity index (χ4v) is 6.22. The van der Waals surface area contributed by atoms with E-state index >= 15 is 0 Å². The summed E-state index contributed by atoms with van der Waals surface area (Å²) in [6.07, 6.45) is 6.07. The van der Waals surface area contributed by atoms with E-state index in [-0.39, 0.29) is 12.5 Å². The summed E-state index contributed by atoms with van der Waals surface area (Å²) in [5.41, 5.74) is 0.984. The standard InChI is InChI=1S/C32H40N2O7/c1-37-16-15-34(20-24-7-6-14-33-13-5-4-8-27(24)33)31(35)21-40-25-11-9-23-17-26(32(36)41-29(23)19-25)22-10-12-28(38-2)30(18-22)39-3/h9-12,17-19,24,27H,4-8,13-16,20-21H2,1-3H3/t24-,27+/m0/s1. The van der Waals surface area contributed by atoms with Crippen LogP contribution in [0.25, 0.3) is 22.1 Å². The summed E-state index contributed by atoms with van der Waals surface area (Å²) < 4.78 is 27.5. The Labute approximate surface area is 240 Å². The van der Waals surface area contributed by atoms with Crippen LogP contribution in [0, 0.1) is 5.92 Å². The molecule has 220 valence electrons. The second-order valence-electron chi connectivity index (χ2n) is 10.8. The molecule has 9 nitrogen and oxygen atoms in total. The van der Waals surface area contributed by atoms with Crippen molar-refractivity contribution in [2.45, 2.75) is 38.1 Å². The summed E-state index contributed by atoms with van der Waals surface area (Å²) in [5, 5.41) is 0.740. The summed E-state index contributed by atoms with van der Waals surface area (Å²) in [6.45, 7) is 3.99. The first-order chi connectivity index (χ1) is 20.0. The number of benzene rings is 2. The third-order valence-electron chi connectivity index (χ3n) is 8.37. The number of methoxy groups -OCH3 is 3. The van der Waals surface area contributed by atoms with Gasteiger partial charge in [0.05, 0.1) is 26.4 Å². The Bertz CT molecular complexity index is 1400. The molecule has 2 saturated heterocycles. The van der Waals surface area contributed by atoms with Crippen molar-refractivity contribution in [3.63, 3.8) is 0 Å². The van der Waals surface area contributed by atoms with Gasteiger partial charge in [-0.05, 0) is 80.6 Å². The van der Waals surface area contributed by atoms with E-state index in [1.54, 1.807) is 57.7 Å². The number of nitrogens with zero attached hydrogens (tertiary/aromatic N) is 2. The van der Waals surface area contributed by atoms with E-state index in [2.05, 4.69) is 4.90 Å². The number of carbonyl (C=O) groups excluding carboxylic acids is 1. The van der Waals surface area contributed by atoms with Crippen LogP contribution in [0.3, 0.4) is 0 Å². The highest BCUT2D eigenvalue weighted by Crippen LogP contribution is 2.33. The van der Waals surface area contributed by atoms with Crippen molar-refractivity contribution < 1.29 is 28.2 Å². The molecule has 0 spiro atoms. The van der Waals surface area contributed by atoms with Crippen LogP contribution >= 0.6 is 0 Å². The third kappa shape index (κ3) is 6.68. The van der Waals surface area contributed by atoms with E-state index < -0.39 is 5.63 Å². The van der Waals surface area contributed by atoms with Gasteiger partial charge in [-0.3, -0.25) is 4.79 Å². The van der Waals surface area contributed by atoms with Gasteiger partial charge in [-0.15, -0.1) is 0 Å². The lowest BCUT2D eigenvalue weighted by molar-refractivity contribution is -0.135. The van der Waals surface area contributed by atoms with Crippen molar-refractivity contribution in [1.82, 2.24) is 9.80 Å². The highest BCUT2D eigenvalue weighted by molar-refractivity contribution is 5.83. The largest absolute Gasteiger partial charge is 0.493 e. The molecule has 0 bridgehead atoms. The molecule has 2 aliphatic rings. The molecule has 0 saturated carbocycles. The molecule has 2 aromatic carbocycles. The quantitative estimate of drug-likeness (QED) is 0.312. The SMILES string of the molecule is COCCN(C[C@@H]1CCCN2CCCC[C@H]12)C(=O)COc1ccc2cc(-c3ccc(OC)c(OC)c3)c(=O)oc2c1. The summed E-state index contributed by atoms with van der Waals surface area (Å²) in [6, 6.07) is 12.9. The van der Waals surface area contributed by atoms with Gasteiger partial charge < -0.3 is 33.2 Å². The average molecular weight is 565 g/mol. The van der Waals surface area contributed by atoms with Crippen LogP contribution in [0.15, 0.2) is 51.7 Å². The normalized spacial score (nSPS) is 19.0. The molecule has 0 unspecified atom stereocenters. The van der Waals surface area contributed by atoms with Gasteiger partial charge >= 0.3 is 5.63 Å². The van der Waals surface area contributed by atoms with Gasteiger partial charge in [-0.1, -0.05) is 12.5 Å². The number of ether oxygens (including phenoxy) is 4. The summed E-state index contributed by atoms with van der Waals surface area (Å²) in [7, 11) is 4.77. The summed E-state index contributed by atoms with van der Waals surface area (Å²) in [5.74, 6) is 1.97. The first-order valence-electron chi connectivity index (χ1n) is 14.4. The molecule has 41 heavy (non-hydrogen) atoms. The van der Waals surface area contributed by atoms with Crippen molar-refractivity contribution in [1.29, 1.82) is 0 Å². The minimum absolute atomic E-state index is 0.0691. The molecule has 0 N–H and O–H groups in total. The Morgan fingerprint density at radius 3 is 2.61 bits per heavy atom. The lowest BCUT2D eigenvalue weighted by Crippen LogP contribution is -2.52. The molecule has 1 aromatic heterocycles. The number of hydrogen-bond acceptors (Lipinski definition) is 8. The van der Waals surface area contributed by atoms with Gasteiger partial charge in [0.2, 0.25) is 0 Å². The zero-order valence-electron chi connectivity index (χ0n) is 24.2. The fraction of sp³-hybridized carbons (Fsp3) is 0.500. The van der Waals surface area contributed by atoms with E-state index in [4.69, 9.17) is 23.4 Å². The van der Waals surface area contributed by atoms with Crippen molar-refractivity contribution in [2.75, 3.05) is 60.7 Å². The number of carbonyl (C=O) groups is 1. The zero-order valence-corrected chi connectivity index (χ0v) is 24.2. The van der Waals surface area contributed by atoms with Crippen LogP contribution in [-0.2, 0) is 9.53 Å². The minimum Gasteiger partial charge on any atom is -0.493 e. The molecule has 1 amide bonds. The second kappa shape index (κ2) is 13.4. The Morgan fingerprint density at radius 1 is 0.976 bits per heavy atom. The van der Waals surface area contributed by atoms with Gasteiger partial charge in [0.1, 0.15) is 11.3 Å². The van der Waals surface area contributed by atoms with E-state index in [0.29, 0.717) is 59.1 Å². The number of hydrogen-bond donors (Lipinski definition) is 0. The lowest BCUT2D eigenvalue weighted by atomic mass is 9.83. The zero-order chi connectivity index (χ0) is 28.8. The molecule has 2 atom stereocenters. The summed E-state index contributed by atoms with van der Waals surface area (Å²) in [4.78, 5) is 30.7. The monoisotopic (exact) mass is 564 g/mol. The van der Waals surface area contributed by atoms with Gasteiger partial charge in [-0.2, -0.15) is 0 Å². The highest BCUT2D eigenvalue weighted by Gasteiger charge is 2.34. The van der Waals surface area contributed by atoms with Gasteiger partial charge in [0.15, 0.2) is 18.1 Å². The second-order valence-corrected chi connectivity index (χ2v) is 10.8. The highest BCUT2D eigenvalue weighted by atomic mass is 16.5. The Balaban J connectivity index is 1.27. The van der Waals surface area contributed by atoms with E-state index in [1.807, 2.05) is 11.0 Å². The number of amides is 1. The molecular weight excluding hydrogens is 524 g/mol. The molecule has 0 aliphatic carbocycles. The molecule has 2 aliphatic heterocycles. The predicted molar refractivity (Wildman–Crippen MR) is 157 cm³/mol. The van der Waals surface area contributed by atoms with Crippen LogP contribution in [0.1, 0.15) is 32.1 Å². The third-order valence-corrected chi connectivity index (χ3v) is 8.37. The van der Waals surface area contributed by atoms with Crippen LogP contribution in [0.5, 0.6) is 17.2 Å². The van der Waals surface area contributed by atoms with Crippen molar-refractivity contribution in [2.24, 2.45) is 5.92 Å². The Morgan fingerprint density at radius 2 is 1.80 bits per heavy atom. The molecule has 3 heterocycles. The molecule has 3 aromatic rings. The van der Waals surface area contributed by atoms with E-state index in [1.165, 1.54) is 38.8 Å². The van der Waals surface area contributed by atoms with Gasteiger partial charge in [0, 0.05) is 37.7 Å². The molecule has 5 rings (SSSR count). The van der Waals surface area contributed by atoms with E-state index in [9.17, 15) is 9.59 Å².